The fraction of sp³-hybridized carbons (Fsp3) is 0.240. The van der Waals surface area contributed by atoms with E-state index in [9.17, 15) is 4.79 Å². The number of nitrogens with one attached hydrogen (secondary N) is 1. The Bertz CT molecular complexity index is 1320. The second kappa shape index (κ2) is 9.91. The summed E-state index contributed by atoms with van der Waals surface area (Å²) in [5.74, 6) is 1.03. The van der Waals surface area contributed by atoms with Crippen molar-refractivity contribution in [1.82, 2.24) is 14.9 Å². The normalized spacial score (nSPS) is 11.0. The number of amides is 1. The molecule has 2 aromatic carbocycles. The smallest absolute Gasteiger partial charge is 0.255 e. The summed E-state index contributed by atoms with van der Waals surface area (Å²) in [5, 5.41) is 12.6. The maximum absolute atomic E-state index is 13.0. The number of carbonyl (C=O) groups is 1. The summed E-state index contributed by atoms with van der Waals surface area (Å²) in [6, 6.07) is 12.4. The predicted molar refractivity (Wildman–Crippen MR) is 132 cm³/mol. The Kier molecular flexibility index (Phi) is 6.95. The number of aromatic nitrogens is 3. The average Bonchev–Trinajstić information content (AvgIpc) is 3.27. The zero-order valence-corrected chi connectivity index (χ0v) is 20.8. The van der Waals surface area contributed by atoms with Gasteiger partial charge in [0.05, 0.1) is 34.9 Å². The number of anilines is 1. The molecular weight excluding hydrogens is 475 g/mol. The number of benzene rings is 2. The molecule has 9 heteroatoms. The van der Waals surface area contributed by atoms with Gasteiger partial charge in [-0.3, -0.25) is 9.48 Å². The van der Waals surface area contributed by atoms with Crippen LogP contribution in [0.4, 0.5) is 5.69 Å². The third-order valence-electron chi connectivity index (χ3n) is 5.65. The van der Waals surface area contributed by atoms with Gasteiger partial charge in [0.15, 0.2) is 0 Å². The summed E-state index contributed by atoms with van der Waals surface area (Å²) >= 11 is 12.6. The number of hydrogen-bond acceptors (Lipinski definition) is 5. The minimum absolute atomic E-state index is 0.260. The van der Waals surface area contributed by atoms with E-state index in [1.165, 1.54) is 0 Å². The van der Waals surface area contributed by atoms with Crippen LogP contribution in [0, 0.1) is 27.7 Å². The van der Waals surface area contributed by atoms with Crippen LogP contribution in [0.2, 0.25) is 10.0 Å². The maximum Gasteiger partial charge on any atom is 0.255 e. The molecule has 0 saturated carbocycles. The summed E-state index contributed by atoms with van der Waals surface area (Å²) in [5.41, 5.74) is 5.07. The molecule has 0 saturated heterocycles. The van der Waals surface area contributed by atoms with Gasteiger partial charge in [-0.1, -0.05) is 40.5 Å². The number of halogens is 2. The average molecular weight is 499 g/mol. The Labute approximate surface area is 207 Å². The van der Waals surface area contributed by atoms with Crippen molar-refractivity contribution < 1.29 is 14.1 Å². The predicted octanol–water partition coefficient (Wildman–Crippen LogP) is 6.29. The lowest BCUT2D eigenvalue weighted by molar-refractivity contribution is 0.102. The molecule has 1 N–H and O–H groups in total. The van der Waals surface area contributed by atoms with E-state index < -0.39 is 0 Å². The molecule has 0 unspecified atom stereocenters. The first-order valence-corrected chi connectivity index (χ1v) is 11.4. The maximum atomic E-state index is 13.0. The molecule has 0 spiro atoms. The van der Waals surface area contributed by atoms with Crippen LogP contribution in [0.3, 0.4) is 0 Å². The fourth-order valence-corrected chi connectivity index (χ4v) is 4.16. The summed E-state index contributed by atoms with van der Waals surface area (Å²) in [6.45, 7) is 8.14. The second-order valence-electron chi connectivity index (χ2n) is 7.98. The van der Waals surface area contributed by atoms with E-state index in [0.717, 1.165) is 22.5 Å². The Morgan fingerprint density at radius 1 is 1.03 bits per heavy atom. The quantitative estimate of drug-likeness (QED) is 0.323. The minimum atomic E-state index is -0.260. The van der Waals surface area contributed by atoms with E-state index >= 15 is 0 Å². The van der Waals surface area contributed by atoms with Crippen LogP contribution in [0.25, 0.3) is 0 Å². The standard InChI is InChI=1S/C25H24Cl2N4O3/c1-14-21(17(4)34-30-14)13-33-19-8-5-7-18(11-19)25(32)28-24-15(2)29-31(16(24)3)12-20-22(26)9-6-10-23(20)27/h5-11H,12-13H2,1-4H3,(H,28,32). The number of ether oxygens (including phenoxy) is 1. The van der Waals surface area contributed by atoms with Crippen molar-refractivity contribution in [3.05, 3.63) is 92.0 Å². The monoisotopic (exact) mass is 498 g/mol. The van der Waals surface area contributed by atoms with Gasteiger partial charge in [0.2, 0.25) is 0 Å². The van der Waals surface area contributed by atoms with Crippen molar-refractivity contribution in [2.45, 2.75) is 40.8 Å². The Morgan fingerprint density at radius 2 is 1.74 bits per heavy atom. The molecule has 4 aromatic rings. The highest BCUT2D eigenvalue weighted by atomic mass is 35.5. The second-order valence-corrected chi connectivity index (χ2v) is 8.79. The van der Waals surface area contributed by atoms with Gasteiger partial charge in [-0.25, -0.2) is 0 Å². The Morgan fingerprint density at radius 3 is 2.41 bits per heavy atom. The molecule has 0 aliphatic carbocycles. The lowest BCUT2D eigenvalue weighted by atomic mass is 10.2. The number of aryl methyl sites for hydroxylation is 3. The Balaban J connectivity index is 1.49. The summed E-state index contributed by atoms with van der Waals surface area (Å²) in [6.07, 6.45) is 0. The van der Waals surface area contributed by atoms with E-state index in [0.29, 0.717) is 51.7 Å². The molecule has 176 valence electrons. The van der Waals surface area contributed by atoms with Crippen molar-refractivity contribution in [3.63, 3.8) is 0 Å². The number of rotatable bonds is 7. The third-order valence-corrected chi connectivity index (χ3v) is 6.36. The molecule has 4 rings (SSSR count). The van der Waals surface area contributed by atoms with Gasteiger partial charge < -0.3 is 14.6 Å². The van der Waals surface area contributed by atoms with Crippen molar-refractivity contribution in [3.8, 4) is 5.75 Å². The fourth-order valence-electron chi connectivity index (χ4n) is 3.64. The van der Waals surface area contributed by atoms with E-state index in [1.54, 1.807) is 47.1 Å². The lowest BCUT2D eigenvalue weighted by Crippen LogP contribution is -2.13. The minimum Gasteiger partial charge on any atom is -0.489 e. The van der Waals surface area contributed by atoms with Crippen LogP contribution in [0.15, 0.2) is 47.0 Å². The first kappa shape index (κ1) is 23.9. The largest absolute Gasteiger partial charge is 0.489 e. The van der Waals surface area contributed by atoms with Crippen molar-refractivity contribution >= 4 is 34.8 Å². The molecule has 0 aliphatic heterocycles. The van der Waals surface area contributed by atoms with Crippen molar-refractivity contribution in [2.75, 3.05) is 5.32 Å². The summed E-state index contributed by atoms with van der Waals surface area (Å²) < 4.78 is 12.8. The molecule has 34 heavy (non-hydrogen) atoms. The number of nitrogens with zero attached hydrogens (tertiary/aromatic N) is 3. The third kappa shape index (κ3) is 4.95. The van der Waals surface area contributed by atoms with Crippen LogP contribution in [-0.4, -0.2) is 20.8 Å². The van der Waals surface area contributed by atoms with Gasteiger partial charge in [-0.15, -0.1) is 0 Å². The SMILES string of the molecule is Cc1noc(C)c1COc1cccc(C(=O)Nc2c(C)nn(Cc3c(Cl)cccc3Cl)c2C)c1. The van der Waals surface area contributed by atoms with Crippen molar-refractivity contribution in [1.29, 1.82) is 0 Å². The van der Waals surface area contributed by atoms with Gasteiger partial charge in [-0.05, 0) is 58.0 Å². The van der Waals surface area contributed by atoms with Gasteiger partial charge >= 0.3 is 0 Å². The highest BCUT2D eigenvalue weighted by Crippen LogP contribution is 2.28. The highest BCUT2D eigenvalue weighted by molar-refractivity contribution is 6.36. The van der Waals surface area contributed by atoms with Gasteiger partial charge in [0, 0.05) is 21.2 Å². The van der Waals surface area contributed by atoms with Crippen LogP contribution in [0.5, 0.6) is 5.75 Å². The van der Waals surface area contributed by atoms with E-state index in [2.05, 4.69) is 15.6 Å². The van der Waals surface area contributed by atoms with Crippen LogP contribution < -0.4 is 10.1 Å². The van der Waals surface area contributed by atoms with Gasteiger partial charge in [0.1, 0.15) is 18.1 Å². The topological polar surface area (TPSA) is 82.2 Å². The molecule has 7 nitrogen and oxygen atoms in total. The lowest BCUT2D eigenvalue weighted by Gasteiger charge is -2.10. The van der Waals surface area contributed by atoms with Gasteiger partial charge in [0.25, 0.3) is 5.91 Å². The molecular formula is C25H24Cl2N4O3. The molecule has 0 atom stereocenters. The zero-order valence-electron chi connectivity index (χ0n) is 19.3. The van der Waals surface area contributed by atoms with Crippen molar-refractivity contribution in [2.24, 2.45) is 0 Å². The molecule has 2 heterocycles. The zero-order chi connectivity index (χ0) is 24.4. The summed E-state index contributed by atoms with van der Waals surface area (Å²) in [7, 11) is 0. The Hall–Kier alpha value is -3.29. The van der Waals surface area contributed by atoms with E-state index in [1.807, 2.05) is 27.7 Å². The molecule has 0 bridgehead atoms. The first-order chi connectivity index (χ1) is 16.2. The molecule has 0 fully saturated rings. The molecule has 2 aromatic heterocycles. The van der Waals surface area contributed by atoms with Crippen LogP contribution in [0.1, 0.15) is 44.3 Å². The first-order valence-electron chi connectivity index (χ1n) is 10.7. The summed E-state index contributed by atoms with van der Waals surface area (Å²) in [4.78, 5) is 13.0. The van der Waals surface area contributed by atoms with Crippen LogP contribution >= 0.6 is 23.2 Å². The molecule has 0 aliphatic rings. The molecule has 0 radical (unpaired) electrons. The van der Waals surface area contributed by atoms with Crippen LogP contribution in [-0.2, 0) is 13.2 Å². The number of carbonyl (C=O) groups excluding carboxylic acids is 1. The highest BCUT2D eigenvalue weighted by Gasteiger charge is 2.18. The van der Waals surface area contributed by atoms with E-state index in [4.69, 9.17) is 32.5 Å². The van der Waals surface area contributed by atoms with E-state index in [-0.39, 0.29) is 5.91 Å². The molecule has 1 amide bonds. The van der Waals surface area contributed by atoms with Gasteiger partial charge in [-0.2, -0.15) is 5.10 Å². The number of hydrogen-bond donors (Lipinski definition) is 1.